The topological polar surface area (TPSA) is 48.0 Å². The number of hydrogen-bond donors (Lipinski definition) is 0. The molecular weight excluding hydrogens is 456 g/mol. The third-order valence-corrected chi connectivity index (χ3v) is 4.64. The molecule has 0 spiro atoms. The van der Waals surface area contributed by atoms with Gasteiger partial charge in [0.25, 0.3) is 0 Å². The van der Waals surface area contributed by atoms with Crippen molar-refractivity contribution in [1.82, 2.24) is 5.06 Å². The second-order valence-electron chi connectivity index (χ2n) is 6.49. The maximum absolute atomic E-state index is 13.4. The first-order valence-electron chi connectivity index (χ1n) is 8.65. The average Bonchev–Trinajstić information content (AvgIpc) is 2.64. The highest BCUT2D eigenvalue weighted by molar-refractivity contribution is 6.33. The minimum Gasteiger partial charge on any atom is -0.493 e. The van der Waals surface area contributed by atoms with Gasteiger partial charge in [-0.2, -0.15) is 26.3 Å². The van der Waals surface area contributed by atoms with Crippen molar-refractivity contribution in [1.29, 1.82) is 0 Å². The zero-order valence-corrected chi connectivity index (χ0v) is 16.4. The first-order valence-corrected chi connectivity index (χ1v) is 9.02. The molecule has 3 rings (SSSR count). The fourth-order valence-electron chi connectivity index (χ4n) is 2.88. The molecule has 0 radical (unpaired) electrons. The van der Waals surface area contributed by atoms with Crippen molar-refractivity contribution in [2.75, 3.05) is 20.2 Å². The van der Waals surface area contributed by atoms with Gasteiger partial charge in [-0.3, -0.25) is 0 Å². The molecule has 0 aromatic heterocycles. The Labute approximate surface area is 177 Å². The number of methoxy groups -OCH3 is 1. The van der Waals surface area contributed by atoms with Crippen LogP contribution in [-0.4, -0.2) is 43.5 Å². The molecule has 31 heavy (non-hydrogen) atoms. The van der Waals surface area contributed by atoms with Gasteiger partial charge in [-0.1, -0.05) is 23.7 Å². The molecule has 0 N–H and O–H groups in total. The van der Waals surface area contributed by atoms with Crippen molar-refractivity contribution in [2.24, 2.45) is 0 Å². The number of benzene rings is 2. The molecule has 2 aromatic rings. The molecule has 0 atom stereocenters. The Balaban J connectivity index is 1.81. The Morgan fingerprint density at radius 2 is 1.74 bits per heavy atom. The maximum Gasteiger partial charge on any atom is 0.492 e. The van der Waals surface area contributed by atoms with Gasteiger partial charge in [0.1, 0.15) is 6.10 Å². The number of rotatable bonds is 5. The summed E-state index contributed by atoms with van der Waals surface area (Å²) in [6, 6.07) is 7.44. The van der Waals surface area contributed by atoms with E-state index in [9.17, 15) is 31.1 Å². The SMILES string of the molecule is COc1ccc(-c2c(Cl)cccc2C(F)(F)F)cc1OC1CN(OC(=O)C(F)(F)F)C1. The lowest BCUT2D eigenvalue weighted by atomic mass is 9.98. The van der Waals surface area contributed by atoms with Gasteiger partial charge < -0.3 is 14.3 Å². The van der Waals surface area contributed by atoms with Crippen LogP contribution in [-0.2, 0) is 15.8 Å². The monoisotopic (exact) mass is 469 g/mol. The molecule has 1 aliphatic rings. The molecule has 5 nitrogen and oxygen atoms in total. The summed E-state index contributed by atoms with van der Waals surface area (Å²) in [6.07, 6.45) is -10.5. The van der Waals surface area contributed by atoms with Gasteiger partial charge >= 0.3 is 18.3 Å². The van der Waals surface area contributed by atoms with Crippen LogP contribution in [0.1, 0.15) is 5.56 Å². The number of halogens is 7. The lowest BCUT2D eigenvalue weighted by Gasteiger charge is -2.37. The van der Waals surface area contributed by atoms with Crippen LogP contribution in [0.25, 0.3) is 11.1 Å². The molecule has 0 bridgehead atoms. The van der Waals surface area contributed by atoms with Gasteiger partial charge in [-0.25, -0.2) is 4.79 Å². The van der Waals surface area contributed by atoms with Crippen LogP contribution in [0.5, 0.6) is 11.5 Å². The molecule has 1 saturated heterocycles. The molecule has 0 saturated carbocycles. The summed E-state index contributed by atoms with van der Waals surface area (Å²) in [7, 11) is 1.32. The molecule has 2 aromatic carbocycles. The smallest absolute Gasteiger partial charge is 0.492 e. The van der Waals surface area contributed by atoms with Crippen molar-refractivity contribution < 1.29 is 45.4 Å². The number of alkyl halides is 6. The highest BCUT2D eigenvalue weighted by Gasteiger charge is 2.45. The maximum atomic E-state index is 13.4. The van der Waals surface area contributed by atoms with Crippen molar-refractivity contribution >= 4 is 17.6 Å². The number of ether oxygens (including phenoxy) is 2. The zero-order valence-electron chi connectivity index (χ0n) is 15.7. The summed E-state index contributed by atoms with van der Waals surface area (Å²) in [5.74, 6) is -2.11. The van der Waals surface area contributed by atoms with Gasteiger partial charge in [0, 0.05) is 10.6 Å². The second-order valence-corrected chi connectivity index (χ2v) is 6.90. The van der Waals surface area contributed by atoms with Gasteiger partial charge in [0.05, 0.1) is 25.8 Å². The number of hydroxylamine groups is 2. The molecule has 1 heterocycles. The van der Waals surface area contributed by atoms with Gasteiger partial charge in [-0.15, -0.1) is 5.06 Å². The minimum absolute atomic E-state index is 0.0554. The highest BCUT2D eigenvalue weighted by Crippen LogP contribution is 2.43. The molecule has 1 aliphatic heterocycles. The van der Waals surface area contributed by atoms with Crippen LogP contribution >= 0.6 is 11.6 Å². The molecule has 0 unspecified atom stereocenters. The zero-order chi connectivity index (χ0) is 23.0. The van der Waals surface area contributed by atoms with Crippen LogP contribution < -0.4 is 9.47 Å². The van der Waals surface area contributed by atoms with E-state index in [0.717, 1.165) is 11.1 Å². The summed E-state index contributed by atoms with van der Waals surface area (Å²) in [5, 5.41) is 0.631. The Kier molecular flexibility index (Phi) is 6.28. The molecular formula is C19H14ClF6NO4. The average molecular weight is 470 g/mol. The van der Waals surface area contributed by atoms with Crippen molar-refractivity contribution in [2.45, 2.75) is 18.5 Å². The third kappa shape index (κ3) is 5.16. The van der Waals surface area contributed by atoms with Gasteiger partial charge in [0.2, 0.25) is 0 Å². The number of hydrogen-bond acceptors (Lipinski definition) is 5. The Bertz CT molecular complexity index is 973. The largest absolute Gasteiger partial charge is 0.493 e. The van der Waals surface area contributed by atoms with E-state index in [2.05, 4.69) is 4.84 Å². The first-order chi connectivity index (χ1) is 14.4. The van der Waals surface area contributed by atoms with Crippen LogP contribution in [0.4, 0.5) is 26.3 Å². The van der Waals surface area contributed by atoms with E-state index in [1.54, 1.807) is 0 Å². The van der Waals surface area contributed by atoms with Crippen molar-refractivity contribution in [3.05, 3.63) is 47.0 Å². The number of carbonyl (C=O) groups is 1. The molecule has 1 fully saturated rings. The third-order valence-electron chi connectivity index (χ3n) is 4.32. The lowest BCUT2D eigenvalue weighted by molar-refractivity contribution is -0.262. The fraction of sp³-hybridized carbons (Fsp3) is 0.316. The van der Waals surface area contributed by atoms with Crippen LogP contribution in [0.15, 0.2) is 36.4 Å². The summed E-state index contributed by atoms with van der Waals surface area (Å²) in [4.78, 5) is 15.0. The Hall–Kier alpha value is -2.66. The number of nitrogens with zero attached hydrogens (tertiary/aromatic N) is 1. The fourth-order valence-corrected chi connectivity index (χ4v) is 3.16. The van der Waals surface area contributed by atoms with Crippen molar-refractivity contribution in [3.63, 3.8) is 0 Å². The normalized spacial score (nSPS) is 15.4. The predicted molar refractivity (Wildman–Crippen MR) is 96.6 cm³/mol. The standard InChI is InChI=1S/C19H14ClF6NO4/c1-29-14-6-5-10(16-12(18(21,22)23)3-2-4-13(16)20)7-15(14)30-11-8-27(9-11)31-17(28)19(24,25)26/h2-7,11H,8-9H2,1H3. The molecule has 12 heteroatoms. The predicted octanol–water partition coefficient (Wildman–Crippen LogP) is 5.12. The molecule has 0 aliphatic carbocycles. The Morgan fingerprint density at radius 3 is 2.32 bits per heavy atom. The lowest BCUT2D eigenvalue weighted by Crippen LogP contribution is -2.55. The van der Waals surface area contributed by atoms with Gasteiger partial charge in [-0.05, 0) is 29.8 Å². The van der Waals surface area contributed by atoms with E-state index < -0.39 is 30.0 Å². The van der Waals surface area contributed by atoms with E-state index in [4.69, 9.17) is 21.1 Å². The molecule has 0 amide bonds. The Morgan fingerprint density at radius 1 is 1.06 bits per heavy atom. The highest BCUT2D eigenvalue weighted by atomic mass is 35.5. The van der Waals surface area contributed by atoms with Crippen LogP contribution in [0.3, 0.4) is 0 Å². The van der Waals surface area contributed by atoms with E-state index >= 15 is 0 Å². The van der Waals surface area contributed by atoms with Crippen LogP contribution in [0, 0.1) is 0 Å². The minimum atomic E-state index is -5.13. The summed E-state index contributed by atoms with van der Waals surface area (Å²) >= 11 is 6.03. The summed E-state index contributed by atoms with van der Waals surface area (Å²) in [5.41, 5.74) is -1.09. The van der Waals surface area contributed by atoms with E-state index in [1.165, 1.54) is 37.4 Å². The second kappa shape index (κ2) is 8.46. The van der Waals surface area contributed by atoms with Crippen molar-refractivity contribution in [3.8, 4) is 22.6 Å². The van der Waals surface area contributed by atoms with Crippen LogP contribution in [0.2, 0.25) is 5.02 Å². The van der Waals surface area contributed by atoms with E-state index in [-0.39, 0.29) is 40.7 Å². The number of carbonyl (C=O) groups excluding carboxylic acids is 1. The summed E-state index contributed by atoms with van der Waals surface area (Å²) in [6.45, 7) is -0.343. The first kappa shape index (κ1) is 23.0. The quantitative estimate of drug-likeness (QED) is 0.569. The van der Waals surface area contributed by atoms with E-state index in [0.29, 0.717) is 0 Å². The van der Waals surface area contributed by atoms with E-state index in [1.807, 2.05) is 0 Å². The summed E-state index contributed by atoms with van der Waals surface area (Å²) < 4.78 is 87.7. The van der Waals surface area contributed by atoms with Gasteiger partial charge in [0.15, 0.2) is 11.5 Å². The molecule has 168 valence electrons.